The molecule has 0 heterocycles. The predicted octanol–water partition coefficient (Wildman–Crippen LogP) is 5.93. The van der Waals surface area contributed by atoms with Gasteiger partial charge in [-0.2, -0.15) is 0 Å². The van der Waals surface area contributed by atoms with Gasteiger partial charge in [0.05, 0.1) is 0 Å². The molecule has 11 heteroatoms. The van der Waals surface area contributed by atoms with E-state index in [-0.39, 0.29) is 70.8 Å². The van der Waals surface area contributed by atoms with Crippen molar-refractivity contribution in [1.82, 2.24) is 0 Å². The molecule has 0 saturated carbocycles. The third-order valence-corrected chi connectivity index (χ3v) is 16.9. The van der Waals surface area contributed by atoms with E-state index >= 15 is 0 Å². The van der Waals surface area contributed by atoms with Gasteiger partial charge in [0, 0.05) is 11.1 Å². The number of carbonyl (C=O) groups is 6. The van der Waals surface area contributed by atoms with Gasteiger partial charge in [-0.3, -0.25) is 0 Å². The molecule has 10 nitrogen and oxygen atoms in total. The Kier molecular flexibility index (Phi) is 14.6. The van der Waals surface area contributed by atoms with Crippen LogP contribution in [0.2, 0.25) is 10.5 Å². The van der Waals surface area contributed by atoms with Crippen molar-refractivity contribution in [1.29, 1.82) is 0 Å². The Morgan fingerprint density at radius 2 is 0.933 bits per heavy atom. The Morgan fingerprint density at radius 1 is 0.600 bits per heavy atom. The number of ether oxygens (including phenoxy) is 4. The van der Waals surface area contributed by atoms with Gasteiger partial charge in [0.1, 0.15) is 0 Å². The van der Waals surface area contributed by atoms with E-state index in [9.17, 15) is 28.8 Å². The molecule has 0 bridgehead atoms. The van der Waals surface area contributed by atoms with Gasteiger partial charge in [-0.25, -0.2) is 9.59 Å². The third kappa shape index (κ3) is 11.0. The summed E-state index contributed by atoms with van der Waals surface area (Å²) in [5.41, 5.74) is 1.30. The molecule has 0 aliphatic carbocycles. The van der Waals surface area contributed by atoms with E-state index in [4.69, 9.17) is 18.9 Å². The zero-order chi connectivity index (χ0) is 33.6. The van der Waals surface area contributed by atoms with Gasteiger partial charge in [0.2, 0.25) is 0 Å². The van der Waals surface area contributed by atoms with Crippen molar-refractivity contribution in [2.24, 2.45) is 0 Å². The number of benzene rings is 2. The molecule has 2 aromatic rings. The molecule has 0 unspecified atom stereocenters. The van der Waals surface area contributed by atoms with Crippen LogP contribution >= 0.6 is 0 Å². The topological polar surface area (TPSA) is 139 Å². The van der Waals surface area contributed by atoms with Gasteiger partial charge >= 0.3 is 219 Å². The summed E-state index contributed by atoms with van der Waals surface area (Å²) in [5, 5.41) is 0.876. The fourth-order valence-electron chi connectivity index (χ4n) is 4.27. The summed E-state index contributed by atoms with van der Waals surface area (Å²) >= 11 is -3.85. The summed E-state index contributed by atoms with van der Waals surface area (Å²) < 4.78 is 20.2. The second-order valence-corrected chi connectivity index (χ2v) is 19.9. The molecule has 0 aromatic heterocycles. The molecule has 2 rings (SSSR count). The molecule has 240 valence electrons. The van der Waals surface area contributed by atoms with E-state index in [1.54, 1.807) is 24.3 Å². The Morgan fingerprint density at radius 3 is 1.22 bits per heavy atom. The zero-order valence-electron chi connectivity index (χ0n) is 26.3. The van der Waals surface area contributed by atoms with Crippen LogP contribution in [0.3, 0.4) is 0 Å². The molecule has 0 amide bonds. The van der Waals surface area contributed by atoms with Gasteiger partial charge in [-0.05, 0) is 13.8 Å². The van der Waals surface area contributed by atoms with E-state index in [1.807, 2.05) is 13.8 Å². The summed E-state index contributed by atoms with van der Waals surface area (Å²) in [6, 6.07) is 12.3. The maximum atomic E-state index is 13.8. The molecule has 0 aliphatic heterocycles. The quantitative estimate of drug-likeness (QED) is 0.0612. The van der Waals surface area contributed by atoms with E-state index in [2.05, 4.69) is 13.2 Å². The SMILES string of the molecule is C=C(C)C(=O)OCCCC(=O)Oc1ccc([C](=O)[Ge]([CH2]C)([CH2]C)[C](=O)c2ccc(OC(=O)CCCOC(=O)C(=C)C)cc2)cc1. The molecule has 0 aliphatic rings. The van der Waals surface area contributed by atoms with Crippen LogP contribution in [0.15, 0.2) is 72.8 Å². The molecule has 0 atom stereocenters. The monoisotopic (exact) mass is 682 g/mol. The minimum absolute atomic E-state index is 0.0354. The molecular formula is C34H40GeO10. The van der Waals surface area contributed by atoms with Crippen LogP contribution in [0.4, 0.5) is 0 Å². The van der Waals surface area contributed by atoms with Gasteiger partial charge in [0.15, 0.2) is 0 Å². The molecule has 0 radical (unpaired) electrons. The van der Waals surface area contributed by atoms with Crippen LogP contribution in [0.25, 0.3) is 0 Å². The predicted molar refractivity (Wildman–Crippen MR) is 170 cm³/mol. The summed E-state index contributed by atoms with van der Waals surface area (Å²) in [4.78, 5) is 74.7. The van der Waals surface area contributed by atoms with Gasteiger partial charge in [-0.15, -0.1) is 0 Å². The number of hydrogen-bond acceptors (Lipinski definition) is 10. The van der Waals surface area contributed by atoms with Crippen LogP contribution in [0.5, 0.6) is 11.5 Å². The van der Waals surface area contributed by atoms with E-state index in [0.29, 0.717) is 21.6 Å². The van der Waals surface area contributed by atoms with Gasteiger partial charge < -0.3 is 0 Å². The molecule has 2 aromatic carbocycles. The summed E-state index contributed by atoms with van der Waals surface area (Å²) in [5.74, 6) is -1.55. The first-order valence-electron chi connectivity index (χ1n) is 14.7. The standard InChI is InChI=1S/C34H40GeO10/c1-7-35(8-2,31(38)25-13-17-27(18-14-25)44-29(36)11-9-21-42-33(40)23(3)4)32(39)26-15-19-28(20-16-26)45-30(37)12-10-22-43-34(41)24(5)6/h13-20H,3,5,7-12,21-22H2,1-2,4,6H3. The first-order valence-corrected chi connectivity index (χ1v) is 19.8. The van der Waals surface area contributed by atoms with E-state index < -0.39 is 37.1 Å². The Bertz CT molecular complexity index is 1310. The van der Waals surface area contributed by atoms with Crippen LogP contribution in [-0.2, 0) is 28.7 Å². The van der Waals surface area contributed by atoms with Crippen LogP contribution in [0.1, 0.15) is 74.1 Å². The third-order valence-electron chi connectivity index (χ3n) is 6.99. The second-order valence-electron chi connectivity index (χ2n) is 10.5. The Hall–Kier alpha value is -4.32. The fourth-order valence-corrected chi connectivity index (χ4v) is 11.5. The number of rotatable bonds is 18. The second kappa shape index (κ2) is 17.8. The molecular weight excluding hydrogens is 641 g/mol. The number of esters is 4. The van der Waals surface area contributed by atoms with Crippen molar-refractivity contribution in [2.45, 2.75) is 63.9 Å². The van der Waals surface area contributed by atoms with Crippen LogP contribution in [0, 0.1) is 0 Å². The van der Waals surface area contributed by atoms with E-state index in [1.165, 1.54) is 38.1 Å². The summed E-state index contributed by atoms with van der Waals surface area (Å²) in [6.07, 6.45) is 0.650. The molecule has 0 N–H and O–H groups in total. The fraction of sp³-hybridized carbons (Fsp3) is 0.353. The van der Waals surface area contributed by atoms with Gasteiger partial charge in [0.25, 0.3) is 0 Å². The first kappa shape index (κ1) is 36.9. The molecule has 0 spiro atoms. The number of hydrogen-bond donors (Lipinski definition) is 0. The Labute approximate surface area is 266 Å². The van der Waals surface area contributed by atoms with Crippen molar-refractivity contribution in [3.05, 3.63) is 84.0 Å². The number of carbonyl (C=O) groups excluding carboxylic acids is 6. The Balaban J connectivity index is 1.99. The van der Waals surface area contributed by atoms with E-state index in [0.717, 1.165) is 0 Å². The molecule has 0 saturated heterocycles. The van der Waals surface area contributed by atoms with Crippen LogP contribution in [-0.4, -0.2) is 59.6 Å². The normalized spacial score (nSPS) is 10.8. The summed E-state index contributed by atoms with van der Waals surface area (Å²) in [7, 11) is 0. The van der Waals surface area contributed by atoms with Crippen molar-refractivity contribution in [3.63, 3.8) is 0 Å². The van der Waals surface area contributed by atoms with Crippen LogP contribution < -0.4 is 9.47 Å². The van der Waals surface area contributed by atoms with Crippen molar-refractivity contribution in [3.8, 4) is 11.5 Å². The molecule has 0 fully saturated rings. The van der Waals surface area contributed by atoms with Gasteiger partial charge in [-0.1, -0.05) is 13.2 Å². The minimum atomic E-state index is -3.85. The average Bonchev–Trinajstić information content (AvgIpc) is 3.02. The molecule has 45 heavy (non-hydrogen) atoms. The maximum absolute atomic E-state index is 13.8. The van der Waals surface area contributed by atoms with Crippen molar-refractivity contribution >= 4 is 46.4 Å². The zero-order valence-corrected chi connectivity index (χ0v) is 28.4. The summed E-state index contributed by atoms with van der Waals surface area (Å²) in [6.45, 7) is 13.9. The first-order chi connectivity index (χ1) is 21.3. The average molecular weight is 681 g/mol. The van der Waals surface area contributed by atoms with Crippen molar-refractivity contribution in [2.75, 3.05) is 13.2 Å². The van der Waals surface area contributed by atoms with Crippen molar-refractivity contribution < 1.29 is 47.7 Å².